The van der Waals surface area contributed by atoms with Crippen molar-refractivity contribution >= 4 is 32.5 Å². The van der Waals surface area contributed by atoms with Crippen LogP contribution in [0.2, 0.25) is 0 Å². The molecule has 1 aromatic heterocycles. The fraction of sp³-hybridized carbons (Fsp3) is 0.125. The van der Waals surface area contributed by atoms with Gasteiger partial charge in [0.1, 0.15) is 5.75 Å². The van der Waals surface area contributed by atoms with Gasteiger partial charge in [0.05, 0.1) is 13.7 Å². The number of nitrogen functional groups attached to an aromatic ring is 1. The van der Waals surface area contributed by atoms with Gasteiger partial charge in [-0.2, -0.15) is 0 Å². The van der Waals surface area contributed by atoms with Gasteiger partial charge in [0.2, 0.25) is 0 Å². The Labute approximate surface area is 126 Å². The Morgan fingerprint density at radius 1 is 1.20 bits per heavy atom. The summed E-state index contributed by atoms with van der Waals surface area (Å²) < 4.78 is 8.72. The first kappa shape index (κ1) is 13.1. The van der Waals surface area contributed by atoms with E-state index in [0.717, 1.165) is 22.3 Å². The van der Waals surface area contributed by atoms with Crippen LogP contribution in [0.25, 0.3) is 10.9 Å². The Kier molecular flexibility index (Phi) is 3.40. The van der Waals surface area contributed by atoms with Gasteiger partial charge in [-0.3, -0.25) is 0 Å². The number of aromatic nitrogens is 1. The Balaban J connectivity index is 2.04. The van der Waals surface area contributed by atoms with Crippen molar-refractivity contribution in [2.45, 2.75) is 6.54 Å². The van der Waals surface area contributed by atoms with Crippen LogP contribution in [0.3, 0.4) is 0 Å². The number of nitrogens with zero attached hydrogens (tertiary/aromatic N) is 1. The summed E-state index contributed by atoms with van der Waals surface area (Å²) >= 11 is 3.58. The van der Waals surface area contributed by atoms with Crippen molar-refractivity contribution in [3.63, 3.8) is 0 Å². The van der Waals surface area contributed by atoms with E-state index in [1.165, 1.54) is 10.9 Å². The van der Waals surface area contributed by atoms with Crippen LogP contribution in [-0.2, 0) is 6.54 Å². The van der Waals surface area contributed by atoms with Crippen molar-refractivity contribution in [3.8, 4) is 5.75 Å². The molecule has 0 atom stereocenters. The maximum atomic E-state index is 5.79. The van der Waals surface area contributed by atoms with E-state index in [2.05, 4.69) is 44.9 Å². The third kappa shape index (κ3) is 2.27. The van der Waals surface area contributed by atoms with Crippen LogP contribution in [0, 0.1) is 0 Å². The second-order valence-corrected chi connectivity index (χ2v) is 5.54. The maximum Gasteiger partial charge on any atom is 0.125 e. The highest BCUT2D eigenvalue weighted by atomic mass is 79.9. The Hall–Kier alpha value is -1.94. The van der Waals surface area contributed by atoms with Gasteiger partial charge in [-0.1, -0.05) is 28.1 Å². The summed E-state index contributed by atoms with van der Waals surface area (Å²) in [5, 5.41) is 1.21. The van der Waals surface area contributed by atoms with Crippen LogP contribution >= 0.6 is 15.9 Å². The minimum atomic E-state index is 0.714. The third-order valence-electron chi connectivity index (χ3n) is 3.41. The molecule has 0 bridgehead atoms. The first-order chi connectivity index (χ1) is 9.69. The SMILES string of the molecule is COc1cc(N)ccc1Cn1ccc2c(Br)cccc21. The van der Waals surface area contributed by atoms with E-state index in [-0.39, 0.29) is 0 Å². The molecule has 3 aromatic rings. The van der Waals surface area contributed by atoms with Crippen molar-refractivity contribution in [1.29, 1.82) is 0 Å². The molecule has 0 aliphatic heterocycles. The van der Waals surface area contributed by atoms with E-state index in [1.54, 1.807) is 7.11 Å². The van der Waals surface area contributed by atoms with Crippen molar-refractivity contribution in [3.05, 3.63) is 58.7 Å². The molecule has 1 heterocycles. The fourth-order valence-electron chi connectivity index (χ4n) is 2.40. The first-order valence-corrected chi connectivity index (χ1v) is 7.14. The molecule has 20 heavy (non-hydrogen) atoms. The zero-order chi connectivity index (χ0) is 14.1. The predicted octanol–water partition coefficient (Wildman–Crippen LogP) is 4.04. The molecule has 0 spiro atoms. The highest BCUT2D eigenvalue weighted by molar-refractivity contribution is 9.10. The number of hydrogen-bond acceptors (Lipinski definition) is 2. The predicted molar refractivity (Wildman–Crippen MR) is 86.1 cm³/mol. The molecule has 2 N–H and O–H groups in total. The van der Waals surface area contributed by atoms with E-state index in [9.17, 15) is 0 Å². The first-order valence-electron chi connectivity index (χ1n) is 6.35. The van der Waals surface area contributed by atoms with Gasteiger partial charge in [-0.05, 0) is 24.3 Å². The monoisotopic (exact) mass is 330 g/mol. The molecule has 3 nitrogen and oxygen atoms in total. The third-order valence-corrected chi connectivity index (χ3v) is 4.10. The standard InChI is InChI=1S/C16H15BrN2O/c1-20-16-9-12(18)6-5-11(16)10-19-8-7-13-14(17)3-2-4-15(13)19/h2-9H,10,18H2,1H3. The highest BCUT2D eigenvalue weighted by Crippen LogP contribution is 2.27. The quantitative estimate of drug-likeness (QED) is 0.736. The van der Waals surface area contributed by atoms with Crippen LogP contribution in [0.5, 0.6) is 5.75 Å². The summed E-state index contributed by atoms with van der Waals surface area (Å²) in [4.78, 5) is 0. The second-order valence-electron chi connectivity index (χ2n) is 4.69. The van der Waals surface area contributed by atoms with Gasteiger partial charge in [-0.15, -0.1) is 0 Å². The average molecular weight is 331 g/mol. The molecule has 102 valence electrons. The van der Waals surface area contributed by atoms with Gasteiger partial charge in [-0.25, -0.2) is 0 Å². The number of anilines is 1. The van der Waals surface area contributed by atoms with Crippen molar-refractivity contribution < 1.29 is 4.74 Å². The van der Waals surface area contributed by atoms with Gasteiger partial charge in [0.15, 0.2) is 0 Å². The summed E-state index contributed by atoms with van der Waals surface area (Å²) in [5.74, 6) is 0.821. The fourth-order valence-corrected chi connectivity index (χ4v) is 2.89. The topological polar surface area (TPSA) is 40.2 Å². The lowest BCUT2D eigenvalue weighted by Gasteiger charge is -2.11. The van der Waals surface area contributed by atoms with E-state index >= 15 is 0 Å². The molecule has 3 rings (SSSR count). The molecule has 0 saturated carbocycles. The number of halogens is 1. The van der Waals surface area contributed by atoms with Crippen molar-refractivity contribution in [2.24, 2.45) is 0 Å². The lowest BCUT2D eigenvalue weighted by atomic mass is 10.1. The van der Waals surface area contributed by atoms with Crippen LogP contribution in [0.4, 0.5) is 5.69 Å². The van der Waals surface area contributed by atoms with E-state index in [1.807, 2.05) is 24.3 Å². The van der Waals surface area contributed by atoms with E-state index < -0.39 is 0 Å². The Morgan fingerprint density at radius 3 is 2.85 bits per heavy atom. The zero-order valence-corrected chi connectivity index (χ0v) is 12.7. The number of rotatable bonds is 3. The lowest BCUT2D eigenvalue weighted by Crippen LogP contribution is -2.01. The largest absolute Gasteiger partial charge is 0.496 e. The van der Waals surface area contributed by atoms with Crippen molar-refractivity contribution in [2.75, 3.05) is 12.8 Å². The average Bonchev–Trinajstić information content (AvgIpc) is 2.85. The molecule has 0 aliphatic carbocycles. The molecule has 4 heteroatoms. The molecule has 2 aromatic carbocycles. The number of methoxy groups -OCH3 is 1. The number of fused-ring (bicyclic) bond motifs is 1. The summed E-state index contributed by atoms with van der Waals surface area (Å²) in [6.45, 7) is 0.753. The second kappa shape index (κ2) is 5.21. The number of hydrogen-bond donors (Lipinski definition) is 1. The summed E-state index contributed by atoms with van der Waals surface area (Å²) in [7, 11) is 1.67. The molecule has 0 aliphatic rings. The maximum absolute atomic E-state index is 5.79. The van der Waals surface area contributed by atoms with Crippen LogP contribution in [-0.4, -0.2) is 11.7 Å². The van der Waals surface area contributed by atoms with Gasteiger partial charge in [0, 0.05) is 38.9 Å². The summed E-state index contributed by atoms with van der Waals surface area (Å²) in [6.07, 6.45) is 2.09. The molecular weight excluding hydrogens is 316 g/mol. The highest BCUT2D eigenvalue weighted by Gasteiger charge is 2.08. The molecule has 0 fully saturated rings. The zero-order valence-electron chi connectivity index (χ0n) is 11.1. The van der Waals surface area contributed by atoms with Crippen molar-refractivity contribution in [1.82, 2.24) is 4.57 Å². The summed E-state index contributed by atoms with van der Waals surface area (Å²) in [6, 6.07) is 14.1. The van der Waals surface area contributed by atoms with Crippen LogP contribution < -0.4 is 10.5 Å². The van der Waals surface area contributed by atoms with Gasteiger partial charge in [0.25, 0.3) is 0 Å². The van der Waals surface area contributed by atoms with Gasteiger partial charge >= 0.3 is 0 Å². The van der Waals surface area contributed by atoms with Crippen LogP contribution in [0.15, 0.2) is 53.1 Å². The minimum absolute atomic E-state index is 0.714. The smallest absolute Gasteiger partial charge is 0.125 e. The minimum Gasteiger partial charge on any atom is -0.496 e. The molecule has 0 unspecified atom stereocenters. The number of benzene rings is 2. The Bertz CT molecular complexity index is 764. The number of ether oxygens (including phenoxy) is 1. The van der Waals surface area contributed by atoms with E-state index in [4.69, 9.17) is 10.5 Å². The normalized spacial score (nSPS) is 10.9. The lowest BCUT2D eigenvalue weighted by molar-refractivity contribution is 0.409. The molecular formula is C16H15BrN2O. The van der Waals surface area contributed by atoms with Crippen LogP contribution in [0.1, 0.15) is 5.56 Å². The summed E-state index contributed by atoms with van der Waals surface area (Å²) in [5.41, 5.74) is 8.81. The number of nitrogens with two attached hydrogens (primary N) is 1. The Morgan fingerprint density at radius 2 is 2.05 bits per heavy atom. The molecule has 0 radical (unpaired) electrons. The van der Waals surface area contributed by atoms with E-state index in [0.29, 0.717) is 5.69 Å². The van der Waals surface area contributed by atoms with Gasteiger partial charge < -0.3 is 15.0 Å². The molecule has 0 amide bonds. The molecule has 0 saturated heterocycles.